The van der Waals surface area contributed by atoms with Crippen LogP contribution in [0.4, 0.5) is 0 Å². The van der Waals surface area contributed by atoms with E-state index >= 15 is 0 Å². The van der Waals surface area contributed by atoms with Crippen molar-refractivity contribution in [1.29, 1.82) is 0 Å². The molecule has 6 heteroatoms. The van der Waals surface area contributed by atoms with Crippen molar-refractivity contribution in [1.82, 2.24) is 10.3 Å². The van der Waals surface area contributed by atoms with Gasteiger partial charge in [-0.2, -0.15) is 0 Å². The first-order valence-electron chi connectivity index (χ1n) is 11.2. The minimum Gasteiger partial charge on any atom is -0.366 e. The first-order chi connectivity index (χ1) is 16.0. The Labute approximate surface area is 194 Å². The molecular weight excluding hydrogens is 414 g/mol. The summed E-state index contributed by atoms with van der Waals surface area (Å²) in [6, 6.07) is 19.2. The lowest BCUT2D eigenvalue weighted by Gasteiger charge is -2.15. The van der Waals surface area contributed by atoms with Crippen LogP contribution >= 0.6 is 0 Å². The number of aromatic nitrogens is 1. The fourth-order valence-electron chi connectivity index (χ4n) is 3.74. The second-order valence-corrected chi connectivity index (χ2v) is 8.03. The maximum absolute atomic E-state index is 12.0. The van der Waals surface area contributed by atoms with E-state index in [0.717, 1.165) is 12.8 Å². The van der Waals surface area contributed by atoms with E-state index in [1.165, 1.54) is 25.7 Å². The van der Waals surface area contributed by atoms with E-state index in [0.29, 0.717) is 28.3 Å². The highest BCUT2D eigenvalue weighted by molar-refractivity contribution is 6.09. The molecule has 0 saturated heterocycles. The molecule has 1 aliphatic carbocycles. The third kappa shape index (κ3) is 7.38. The Hall–Kier alpha value is -3.80. The molecule has 1 saturated carbocycles. The van der Waals surface area contributed by atoms with Gasteiger partial charge in [0, 0.05) is 40.7 Å². The largest absolute Gasteiger partial charge is 0.366 e. The van der Waals surface area contributed by atoms with Crippen molar-refractivity contribution >= 4 is 17.6 Å². The number of hydrogen-bond acceptors (Lipinski definition) is 4. The number of amides is 2. The number of benzene rings is 2. The zero-order valence-corrected chi connectivity index (χ0v) is 18.6. The maximum atomic E-state index is 12.0. The molecule has 33 heavy (non-hydrogen) atoms. The van der Waals surface area contributed by atoms with Crippen LogP contribution in [0.25, 0.3) is 0 Å². The molecule has 1 aliphatic rings. The van der Waals surface area contributed by atoms with Gasteiger partial charge in [0.1, 0.15) is 0 Å². The summed E-state index contributed by atoms with van der Waals surface area (Å²) >= 11 is 0. The van der Waals surface area contributed by atoms with Crippen molar-refractivity contribution in [3.8, 4) is 0 Å². The van der Waals surface area contributed by atoms with E-state index in [9.17, 15) is 14.4 Å². The SMILES string of the molecule is NC(=O)c1ccc(C(=O)c2ccccc2)cc1.O=C(NC1CCCCCC1)c1ccncc1. The van der Waals surface area contributed by atoms with Crippen LogP contribution in [0.15, 0.2) is 79.1 Å². The van der Waals surface area contributed by atoms with Gasteiger partial charge in [-0.3, -0.25) is 19.4 Å². The molecule has 0 radical (unpaired) electrons. The molecular formula is C27H29N3O3. The molecule has 6 nitrogen and oxygen atoms in total. The molecule has 0 aliphatic heterocycles. The van der Waals surface area contributed by atoms with Crippen LogP contribution in [-0.2, 0) is 0 Å². The van der Waals surface area contributed by atoms with Crippen molar-refractivity contribution in [3.63, 3.8) is 0 Å². The molecule has 170 valence electrons. The number of rotatable bonds is 5. The number of pyridine rings is 1. The Morgan fingerprint density at radius 2 is 1.24 bits per heavy atom. The van der Waals surface area contributed by atoms with Crippen LogP contribution < -0.4 is 11.1 Å². The highest BCUT2D eigenvalue weighted by Crippen LogP contribution is 2.17. The molecule has 1 fully saturated rings. The van der Waals surface area contributed by atoms with Crippen molar-refractivity contribution in [2.45, 2.75) is 44.6 Å². The molecule has 0 atom stereocenters. The highest BCUT2D eigenvalue weighted by Gasteiger charge is 2.15. The smallest absolute Gasteiger partial charge is 0.251 e. The Balaban J connectivity index is 0.000000186. The van der Waals surface area contributed by atoms with Crippen molar-refractivity contribution in [3.05, 3.63) is 101 Å². The molecule has 0 bridgehead atoms. The van der Waals surface area contributed by atoms with E-state index < -0.39 is 5.91 Å². The van der Waals surface area contributed by atoms with Crippen LogP contribution in [0, 0.1) is 0 Å². The molecule has 1 aromatic heterocycles. The Kier molecular flexibility index (Phi) is 8.88. The second kappa shape index (κ2) is 12.3. The summed E-state index contributed by atoms with van der Waals surface area (Å²) in [7, 11) is 0. The lowest BCUT2D eigenvalue weighted by Crippen LogP contribution is -2.34. The van der Waals surface area contributed by atoms with E-state index in [4.69, 9.17) is 5.73 Å². The zero-order chi connectivity index (χ0) is 23.5. The summed E-state index contributed by atoms with van der Waals surface area (Å²) in [4.78, 5) is 38.7. The van der Waals surface area contributed by atoms with Gasteiger partial charge in [0.05, 0.1) is 0 Å². The van der Waals surface area contributed by atoms with Gasteiger partial charge in [-0.25, -0.2) is 0 Å². The molecule has 0 unspecified atom stereocenters. The molecule has 4 rings (SSSR count). The predicted molar refractivity (Wildman–Crippen MR) is 128 cm³/mol. The van der Waals surface area contributed by atoms with Gasteiger partial charge in [0.2, 0.25) is 5.91 Å². The fraction of sp³-hybridized carbons (Fsp3) is 0.259. The molecule has 2 aromatic carbocycles. The monoisotopic (exact) mass is 443 g/mol. The number of nitrogens with one attached hydrogen (secondary N) is 1. The first kappa shape index (κ1) is 23.9. The van der Waals surface area contributed by atoms with E-state index in [1.807, 2.05) is 18.2 Å². The number of nitrogens with zero attached hydrogens (tertiary/aromatic N) is 1. The average Bonchev–Trinajstić information content (AvgIpc) is 3.14. The predicted octanol–water partition coefficient (Wildman–Crippen LogP) is 4.55. The zero-order valence-electron chi connectivity index (χ0n) is 18.6. The van der Waals surface area contributed by atoms with Gasteiger partial charge in [-0.1, -0.05) is 68.1 Å². The summed E-state index contributed by atoms with van der Waals surface area (Å²) in [6.45, 7) is 0. The summed E-state index contributed by atoms with van der Waals surface area (Å²) in [6.07, 6.45) is 10.6. The normalized spacial score (nSPS) is 13.7. The van der Waals surface area contributed by atoms with Crippen molar-refractivity contribution in [2.75, 3.05) is 0 Å². The number of nitrogens with two attached hydrogens (primary N) is 1. The standard InChI is InChI=1S/C14H11NO2.C13H18N2O/c15-14(17)12-8-6-11(7-9-12)13(16)10-4-2-1-3-5-10;16-13(11-7-9-14-10-8-11)15-12-5-3-1-2-4-6-12/h1-9H,(H2,15,17);7-10,12H,1-6H2,(H,15,16). The van der Waals surface area contributed by atoms with Crippen LogP contribution in [0.2, 0.25) is 0 Å². The van der Waals surface area contributed by atoms with Crippen molar-refractivity contribution in [2.24, 2.45) is 5.73 Å². The summed E-state index contributed by atoms with van der Waals surface area (Å²) in [5.41, 5.74) is 7.40. The van der Waals surface area contributed by atoms with E-state index in [2.05, 4.69) is 10.3 Å². The Morgan fingerprint density at radius 1 is 0.697 bits per heavy atom. The lowest BCUT2D eigenvalue weighted by molar-refractivity contribution is 0.0931. The number of primary amides is 1. The van der Waals surface area contributed by atoms with Crippen LogP contribution in [-0.4, -0.2) is 28.6 Å². The highest BCUT2D eigenvalue weighted by atomic mass is 16.2. The van der Waals surface area contributed by atoms with Gasteiger partial charge < -0.3 is 11.1 Å². The Bertz CT molecular complexity index is 1040. The molecule has 1 heterocycles. The third-order valence-corrected chi connectivity index (χ3v) is 5.60. The number of carbonyl (C=O) groups is 3. The summed E-state index contributed by atoms with van der Waals surface area (Å²) in [5, 5.41) is 3.11. The number of ketones is 1. The lowest BCUT2D eigenvalue weighted by atomic mass is 10.0. The van der Waals surface area contributed by atoms with Gasteiger partial charge in [0.15, 0.2) is 5.78 Å². The molecule has 3 aromatic rings. The maximum Gasteiger partial charge on any atom is 0.251 e. The Morgan fingerprint density at radius 3 is 1.82 bits per heavy atom. The molecule has 3 N–H and O–H groups in total. The third-order valence-electron chi connectivity index (χ3n) is 5.60. The summed E-state index contributed by atoms with van der Waals surface area (Å²) < 4.78 is 0. The van der Waals surface area contributed by atoms with Crippen LogP contribution in [0.3, 0.4) is 0 Å². The topological polar surface area (TPSA) is 102 Å². The van der Waals surface area contributed by atoms with Gasteiger partial charge in [-0.15, -0.1) is 0 Å². The van der Waals surface area contributed by atoms with Gasteiger partial charge in [-0.05, 0) is 37.1 Å². The molecule has 0 spiro atoms. The van der Waals surface area contributed by atoms with E-state index in [1.54, 1.807) is 60.9 Å². The van der Waals surface area contributed by atoms with Gasteiger partial charge >= 0.3 is 0 Å². The molecule has 2 amide bonds. The number of carbonyl (C=O) groups excluding carboxylic acids is 3. The minimum atomic E-state index is -0.497. The fourth-order valence-corrected chi connectivity index (χ4v) is 3.74. The van der Waals surface area contributed by atoms with E-state index in [-0.39, 0.29) is 11.7 Å². The van der Waals surface area contributed by atoms with Gasteiger partial charge in [0.25, 0.3) is 5.91 Å². The minimum absolute atomic E-state index is 0.0364. The summed E-state index contributed by atoms with van der Waals surface area (Å²) in [5.74, 6) is -0.528. The second-order valence-electron chi connectivity index (χ2n) is 8.03. The quantitative estimate of drug-likeness (QED) is 0.446. The average molecular weight is 444 g/mol. The van der Waals surface area contributed by atoms with Crippen LogP contribution in [0.5, 0.6) is 0 Å². The van der Waals surface area contributed by atoms with Crippen LogP contribution in [0.1, 0.15) is 75.2 Å². The number of hydrogen-bond donors (Lipinski definition) is 2. The first-order valence-corrected chi connectivity index (χ1v) is 11.2. The van der Waals surface area contributed by atoms with Crippen molar-refractivity contribution < 1.29 is 14.4 Å².